The molecule has 1 saturated heterocycles. The summed E-state index contributed by atoms with van der Waals surface area (Å²) in [7, 11) is 0. The zero-order chi connectivity index (χ0) is 26.7. The molecule has 2 aromatic rings. The standard InChI is InChI=1S/C32H36N8/c1-3-11-25(12-4-1)31(39-23-33-35-27-15-7-9-17-29(27)39)37-19-21-38(22-20-37)32(26-13-5-2-6-14-26)40-24-34-36-28-16-8-10-18-30(28)40/h1-13,15-18,26,28,30-32H,14,19-24H2. The van der Waals surface area contributed by atoms with Crippen LogP contribution in [-0.2, 0) is 0 Å². The molecule has 204 valence electrons. The molecule has 0 saturated carbocycles. The van der Waals surface area contributed by atoms with E-state index in [1.807, 2.05) is 6.07 Å². The highest BCUT2D eigenvalue weighted by Gasteiger charge is 2.41. The van der Waals surface area contributed by atoms with Gasteiger partial charge < -0.3 is 4.90 Å². The number of para-hydroxylation sites is 1. The number of fused-ring (bicyclic) bond motifs is 2. The predicted molar refractivity (Wildman–Crippen MR) is 158 cm³/mol. The highest BCUT2D eigenvalue weighted by molar-refractivity contribution is 5.68. The minimum Gasteiger partial charge on any atom is -0.328 e. The van der Waals surface area contributed by atoms with Gasteiger partial charge in [-0.25, -0.2) is 0 Å². The lowest BCUT2D eigenvalue weighted by atomic mass is 9.92. The largest absolute Gasteiger partial charge is 0.328 e. The zero-order valence-electron chi connectivity index (χ0n) is 22.7. The van der Waals surface area contributed by atoms with Crippen molar-refractivity contribution in [1.82, 2.24) is 14.7 Å². The number of rotatable bonds is 6. The molecular formula is C32H36N8. The average molecular weight is 533 g/mol. The number of allylic oxidation sites excluding steroid dienone is 5. The van der Waals surface area contributed by atoms with Gasteiger partial charge in [-0.1, -0.05) is 91.1 Å². The fraction of sp³-hybridized carbons (Fsp3) is 0.375. The number of piperazine rings is 1. The summed E-state index contributed by atoms with van der Waals surface area (Å²) in [5.74, 6) is 0.420. The van der Waals surface area contributed by atoms with Crippen LogP contribution in [0.3, 0.4) is 0 Å². The lowest BCUT2D eigenvalue weighted by Gasteiger charge is -2.51. The van der Waals surface area contributed by atoms with E-state index in [1.54, 1.807) is 0 Å². The quantitative estimate of drug-likeness (QED) is 0.464. The zero-order valence-corrected chi connectivity index (χ0v) is 22.7. The van der Waals surface area contributed by atoms with Crippen LogP contribution < -0.4 is 4.90 Å². The maximum Gasteiger partial charge on any atom is 0.133 e. The summed E-state index contributed by atoms with van der Waals surface area (Å²) < 4.78 is 0. The van der Waals surface area contributed by atoms with Gasteiger partial charge in [0.15, 0.2) is 0 Å². The number of benzene rings is 2. The topological polar surface area (TPSA) is 62.4 Å². The van der Waals surface area contributed by atoms with E-state index >= 15 is 0 Å². The minimum absolute atomic E-state index is 0.0966. The second kappa shape index (κ2) is 11.4. The molecule has 0 radical (unpaired) electrons. The van der Waals surface area contributed by atoms with E-state index in [0.29, 0.717) is 19.3 Å². The van der Waals surface area contributed by atoms with Crippen molar-refractivity contribution in [3.8, 4) is 0 Å². The van der Waals surface area contributed by atoms with Crippen LogP contribution in [0.25, 0.3) is 0 Å². The van der Waals surface area contributed by atoms with Crippen molar-refractivity contribution in [2.24, 2.45) is 26.4 Å². The lowest BCUT2D eigenvalue weighted by Crippen LogP contribution is -2.63. The molecule has 5 atom stereocenters. The summed E-state index contributed by atoms with van der Waals surface area (Å²) in [5, 5.41) is 18.1. The summed E-state index contributed by atoms with van der Waals surface area (Å²) in [6.45, 7) is 5.11. The Kier molecular flexibility index (Phi) is 7.21. The van der Waals surface area contributed by atoms with Gasteiger partial charge >= 0.3 is 0 Å². The molecular weight excluding hydrogens is 496 g/mol. The summed E-state index contributed by atoms with van der Waals surface area (Å²) >= 11 is 0. The first kappa shape index (κ1) is 25.3. The second-order valence-corrected chi connectivity index (χ2v) is 11.0. The molecule has 8 heteroatoms. The molecule has 40 heavy (non-hydrogen) atoms. The molecule has 0 spiro atoms. The molecule has 0 bridgehead atoms. The van der Waals surface area contributed by atoms with Gasteiger partial charge in [0.1, 0.15) is 31.2 Å². The molecule has 8 nitrogen and oxygen atoms in total. The number of nitrogens with zero attached hydrogens (tertiary/aromatic N) is 8. The van der Waals surface area contributed by atoms with Crippen LogP contribution in [0.2, 0.25) is 0 Å². The Bertz CT molecular complexity index is 1350. The Hall–Kier alpha value is -3.72. The first-order chi connectivity index (χ1) is 19.9. The maximum atomic E-state index is 4.58. The van der Waals surface area contributed by atoms with Crippen LogP contribution in [0.15, 0.2) is 124 Å². The fourth-order valence-corrected chi connectivity index (χ4v) is 6.81. The van der Waals surface area contributed by atoms with E-state index in [0.717, 1.165) is 44.0 Å². The van der Waals surface area contributed by atoms with Gasteiger partial charge in [-0.15, -0.1) is 0 Å². The molecule has 0 N–H and O–H groups in total. The van der Waals surface area contributed by atoms with Gasteiger partial charge in [-0.3, -0.25) is 14.7 Å². The number of azo groups is 2. The van der Waals surface area contributed by atoms with Gasteiger partial charge in [0.05, 0.1) is 17.9 Å². The maximum absolute atomic E-state index is 4.58. The number of hydrogen-bond donors (Lipinski definition) is 0. The molecule has 3 heterocycles. The van der Waals surface area contributed by atoms with E-state index in [4.69, 9.17) is 0 Å². The molecule has 5 unspecified atom stereocenters. The van der Waals surface area contributed by atoms with Crippen LogP contribution in [0.5, 0.6) is 0 Å². The normalized spacial score (nSPS) is 27.9. The smallest absolute Gasteiger partial charge is 0.133 e. The summed E-state index contributed by atoms with van der Waals surface area (Å²) in [6.07, 6.45) is 19.3. The molecule has 2 aromatic carbocycles. The molecule has 3 aliphatic heterocycles. The first-order valence-electron chi connectivity index (χ1n) is 14.4. The van der Waals surface area contributed by atoms with Gasteiger partial charge in [0.25, 0.3) is 0 Å². The third kappa shape index (κ3) is 4.87. The van der Waals surface area contributed by atoms with Crippen molar-refractivity contribution in [2.45, 2.75) is 30.8 Å². The average Bonchev–Trinajstić information content (AvgIpc) is 3.03. The Morgan fingerprint density at radius 1 is 0.725 bits per heavy atom. The van der Waals surface area contributed by atoms with Crippen molar-refractivity contribution in [1.29, 1.82) is 0 Å². The summed E-state index contributed by atoms with van der Waals surface area (Å²) in [5.41, 5.74) is 3.37. The Labute approximate surface area is 236 Å². The van der Waals surface area contributed by atoms with Crippen LogP contribution in [0.1, 0.15) is 18.2 Å². The molecule has 7 rings (SSSR count). The second-order valence-electron chi connectivity index (χ2n) is 11.0. The summed E-state index contributed by atoms with van der Waals surface area (Å²) in [4.78, 5) is 10.3. The van der Waals surface area contributed by atoms with Gasteiger partial charge in [-0.05, 0) is 24.1 Å². The Balaban J connectivity index is 1.15. The first-order valence-corrected chi connectivity index (χ1v) is 14.4. The van der Waals surface area contributed by atoms with Crippen molar-refractivity contribution in [3.05, 3.63) is 109 Å². The fourth-order valence-electron chi connectivity index (χ4n) is 6.81. The SMILES string of the molecule is C1=CCC(C(N2CCN(C(c3ccccc3)N3CN=Nc4ccccc43)CC2)N2CN=NC3C=CC=CC32)C=C1. The van der Waals surface area contributed by atoms with E-state index in [9.17, 15) is 0 Å². The van der Waals surface area contributed by atoms with Crippen molar-refractivity contribution < 1.29 is 0 Å². The Morgan fingerprint density at radius 2 is 1.50 bits per heavy atom. The van der Waals surface area contributed by atoms with Gasteiger partial charge in [0, 0.05) is 32.1 Å². The monoisotopic (exact) mass is 532 g/mol. The molecule has 2 aliphatic carbocycles. The third-order valence-corrected chi connectivity index (χ3v) is 8.69. The van der Waals surface area contributed by atoms with E-state index in [-0.39, 0.29) is 24.4 Å². The van der Waals surface area contributed by atoms with Crippen molar-refractivity contribution in [2.75, 3.05) is 44.4 Å². The van der Waals surface area contributed by atoms with E-state index in [1.165, 1.54) is 5.56 Å². The number of anilines is 1. The third-order valence-electron chi connectivity index (χ3n) is 8.69. The van der Waals surface area contributed by atoms with Crippen LogP contribution in [-0.4, -0.2) is 72.5 Å². The van der Waals surface area contributed by atoms with Crippen LogP contribution in [0.4, 0.5) is 11.4 Å². The molecule has 5 aliphatic rings. The number of hydrogen-bond acceptors (Lipinski definition) is 8. The van der Waals surface area contributed by atoms with Crippen LogP contribution in [0, 0.1) is 5.92 Å². The molecule has 1 fully saturated rings. The Morgan fingerprint density at radius 3 is 2.35 bits per heavy atom. The minimum atomic E-state index is 0.0966. The van der Waals surface area contributed by atoms with Crippen molar-refractivity contribution in [3.63, 3.8) is 0 Å². The van der Waals surface area contributed by atoms with Crippen molar-refractivity contribution >= 4 is 11.4 Å². The van der Waals surface area contributed by atoms with Gasteiger partial charge in [-0.2, -0.15) is 20.5 Å². The molecule has 0 aromatic heterocycles. The molecule has 0 amide bonds. The highest BCUT2D eigenvalue weighted by Crippen LogP contribution is 2.40. The highest BCUT2D eigenvalue weighted by atomic mass is 15.5. The summed E-state index contributed by atoms with van der Waals surface area (Å²) in [6, 6.07) is 19.6. The van der Waals surface area contributed by atoms with E-state index in [2.05, 4.69) is 137 Å². The van der Waals surface area contributed by atoms with Gasteiger partial charge in [0.2, 0.25) is 0 Å². The predicted octanol–water partition coefficient (Wildman–Crippen LogP) is 5.91. The van der Waals surface area contributed by atoms with E-state index < -0.39 is 0 Å². The van der Waals surface area contributed by atoms with Crippen LogP contribution >= 0.6 is 0 Å². The lowest BCUT2D eigenvalue weighted by molar-refractivity contribution is -0.0416.